The number of hydrogen-bond acceptors (Lipinski definition) is 2. The Labute approximate surface area is 85.7 Å². The van der Waals surface area contributed by atoms with Crippen molar-refractivity contribution in [3.8, 4) is 0 Å². The maximum atomic E-state index is 5.61. The summed E-state index contributed by atoms with van der Waals surface area (Å²) in [4.78, 5) is 2.43. The van der Waals surface area contributed by atoms with Crippen molar-refractivity contribution in [3.05, 3.63) is 35.4 Å². The topological polar surface area (TPSA) is 29.3 Å². The van der Waals surface area contributed by atoms with Crippen molar-refractivity contribution < 1.29 is 0 Å². The Balaban J connectivity index is 2.00. The lowest BCUT2D eigenvalue weighted by Gasteiger charge is -2.15. The highest BCUT2D eigenvalue weighted by molar-refractivity contribution is 5.23. The molecule has 1 aliphatic rings. The number of benzene rings is 1. The van der Waals surface area contributed by atoms with E-state index >= 15 is 0 Å². The molecule has 1 aromatic rings. The Bertz CT molecular complexity index is 305. The van der Waals surface area contributed by atoms with Crippen LogP contribution in [0.1, 0.15) is 24.0 Å². The third-order valence-corrected chi connectivity index (χ3v) is 2.83. The second-order valence-electron chi connectivity index (χ2n) is 4.17. The summed E-state index contributed by atoms with van der Waals surface area (Å²) in [5, 5.41) is 0. The largest absolute Gasteiger partial charge is 0.326 e. The van der Waals surface area contributed by atoms with E-state index in [0.717, 1.165) is 12.6 Å². The molecular formula is C12H18N2. The summed E-state index contributed by atoms with van der Waals surface area (Å²) >= 11 is 0. The molecule has 1 fully saturated rings. The van der Waals surface area contributed by atoms with Crippen LogP contribution >= 0.6 is 0 Å². The molecule has 0 amide bonds. The predicted molar refractivity (Wildman–Crippen MR) is 58.8 cm³/mol. The zero-order valence-corrected chi connectivity index (χ0v) is 8.74. The van der Waals surface area contributed by atoms with Gasteiger partial charge in [0.05, 0.1) is 0 Å². The molecule has 1 aliphatic carbocycles. The zero-order chi connectivity index (χ0) is 9.97. The quantitative estimate of drug-likeness (QED) is 0.783. The minimum atomic E-state index is 0.640. The third kappa shape index (κ3) is 2.34. The maximum absolute atomic E-state index is 5.61. The standard InChI is InChI=1S/C12H18N2/c1-14(12-5-6-12)9-11-4-2-3-10(7-11)8-13/h2-4,7,12H,5-6,8-9,13H2,1H3. The monoisotopic (exact) mass is 190 g/mol. The molecule has 0 aliphatic heterocycles. The van der Waals surface area contributed by atoms with Crippen LogP contribution in [0.15, 0.2) is 24.3 Å². The van der Waals surface area contributed by atoms with Crippen LogP contribution in [0.4, 0.5) is 0 Å². The molecule has 2 N–H and O–H groups in total. The highest BCUT2D eigenvalue weighted by Gasteiger charge is 2.25. The fourth-order valence-electron chi connectivity index (χ4n) is 1.79. The first-order chi connectivity index (χ1) is 6.79. The molecule has 2 nitrogen and oxygen atoms in total. The van der Waals surface area contributed by atoms with Gasteiger partial charge in [0.2, 0.25) is 0 Å². The molecule has 2 heteroatoms. The molecule has 0 saturated heterocycles. The summed E-state index contributed by atoms with van der Waals surface area (Å²) in [6.45, 7) is 1.69. The van der Waals surface area contributed by atoms with Crippen LogP contribution in [0.25, 0.3) is 0 Å². The van der Waals surface area contributed by atoms with Crippen molar-refractivity contribution in [2.75, 3.05) is 7.05 Å². The van der Waals surface area contributed by atoms with Crippen molar-refractivity contribution in [2.24, 2.45) is 5.73 Å². The van der Waals surface area contributed by atoms with Crippen LogP contribution in [0, 0.1) is 0 Å². The SMILES string of the molecule is CN(Cc1cccc(CN)c1)C1CC1. The molecule has 1 aromatic carbocycles. The van der Waals surface area contributed by atoms with Crippen LogP contribution in [0.3, 0.4) is 0 Å². The van der Waals surface area contributed by atoms with E-state index in [4.69, 9.17) is 5.73 Å². The average Bonchev–Trinajstić information content (AvgIpc) is 3.01. The van der Waals surface area contributed by atoms with Crippen molar-refractivity contribution in [2.45, 2.75) is 32.0 Å². The van der Waals surface area contributed by atoms with Gasteiger partial charge < -0.3 is 5.73 Å². The fraction of sp³-hybridized carbons (Fsp3) is 0.500. The first kappa shape index (κ1) is 9.69. The van der Waals surface area contributed by atoms with Gasteiger partial charge in [0.15, 0.2) is 0 Å². The van der Waals surface area contributed by atoms with Gasteiger partial charge in [-0.25, -0.2) is 0 Å². The van der Waals surface area contributed by atoms with E-state index < -0.39 is 0 Å². The summed E-state index contributed by atoms with van der Waals surface area (Å²) in [5.74, 6) is 0. The third-order valence-electron chi connectivity index (χ3n) is 2.83. The van der Waals surface area contributed by atoms with Gasteiger partial charge in [-0.1, -0.05) is 24.3 Å². The Hall–Kier alpha value is -0.860. The molecule has 14 heavy (non-hydrogen) atoms. The fourth-order valence-corrected chi connectivity index (χ4v) is 1.79. The molecule has 0 radical (unpaired) electrons. The highest BCUT2D eigenvalue weighted by atomic mass is 15.1. The van der Waals surface area contributed by atoms with Gasteiger partial charge >= 0.3 is 0 Å². The molecule has 1 saturated carbocycles. The van der Waals surface area contributed by atoms with Gasteiger partial charge in [0, 0.05) is 19.1 Å². The van der Waals surface area contributed by atoms with Gasteiger partial charge in [0.25, 0.3) is 0 Å². The molecule has 0 aromatic heterocycles. The predicted octanol–water partition coefficient (Wildman–Crippen LogP) is 1.74. The molecule has 0 bridgehead atoms. The van der Waals surface area contributed by atoms with E-state index in [2.05, 4.69) is 36.2 Å². The summed E-state index contributed by atoms with van der Waals surface area (Å²) in [6, 6.07) is 9.40. The molecule has 0 unspecified atom stereocenters. The summed E-state index contributed by atoms with van der Waals surface area (Å²) in [7, 11) is 2.20. The highest BCUT2D eigenvalue weighted by Crippen LogP contribution is 2.26. The van der Waals surface area contributed by atoms with Crippen molar-refractivity contribution in [1.29, 1.82) is 0 Å². The van der Waals surface area contributed by atoms with E-state index in [9.17, 15) is 0 Å². The normalized spacial score (nSPS) is 16.2. The summed E-state index contributed by atoms with van der Waals surface area (Å²) in [5.41, 5.74) is 8.21. The lowest BCUT2D eigenvalue weighted by molar-refractivity contribution is 0.316. The smallest absolute Gasteiger partial charge is 0.0233 e. The van der Waals surface area contributed by atoms with E-state index in [-0.39, 0.29) is 0 Å². The maximum Gasteiger partial charge on any atom is 0.0233 e. The minimum absolute atomic E-state index is 0.640. The minimum Gasteiger partial charge on any atom is -0.326 e. The Morgan fingerprint density at radius 1 is 1.36 bits per heavy atom. The van der Waals surface area contributed by atoms with Gasteiger partial charge in [-0.3, -0.25) is 4.90 Å². The van der Waals surface area contributed by atoms with Crippen LogP contribution in [0.2, 0.25) is 0 Å². The Morgan fingerprint density at radius 2 is 2.07 bits per heavy atom. The summed E-state index contributed by atoms with van der Waals surface area (Å²) < 4.78 is 0. The number of rotatable bonds is 4. The zero-order valence-electron chi connectivity index (χ0n) is 8.74. The molecule has 76 valence electrons. The number of nitrogens with two attached hydrogens (primary N) is 1. The number of nitrogens with zero attached hydrogens (tertiary/aromatic N) is 1. The van der Waals surface area contributed by atoms with Crippen molar-refractivity contribution in [1.82, 2.24) is 4.90 Å². The first-order valence-corrected chi connectivity index (χ1v) is 5.27. The molecule has 0 spiro atoms. The Kier molecular flexibility index (Phi) is 2.85. The lowest BCUT2D eigenvalue weighted by atomic mass is 10.1. The van der Waals surface area contributed by atoms with Crippen molar-refractivity contribution in [3.63, 3.8) is 0 Å². The Morgan fingerprint density at radius 3 is 2.71 bits per heavy atom. The van der Waals surface area contributed by atoms with Gasteiger partial charge in [-0.15, -0.1) is 0 Å². The molecule has 0 atom stereocenters. The first-order valence-electron chi connectivity index (χ1n) is 5.27. The van der Waals surface area contributed by atoms with E-state index in [0.29, 0.717) is 6.54 Å². The van der Waals surface area contributed by atoms with Gasteiger partial charge in [-0.05, 0) is 31.0 Å². The van der Waals surface area contributed by atoms with Crippen LogP contribution in [0.5, 0.6) is 0 Å². The van der Waals surface area contributed by atoms with Crippen LogP contribution in [-0.2, 0) is 13.1 Å². The summed E-state index contributed by atoms with van der Waals surface area (Å²) in [6.07, 6.45) is 2.74. The van der Waals surface area contributed by atoms with Crippen LogP contribution < -0.4 is 5.73 Å². The van der Waals surface area contributed by atoms with E-state index in [1.165, 1.54) is 24.0 Å². The van der Waals surface area contributed by atoms with E-state index in [1.807, 2.05) is 0 Å². The van der Waals surface area contributed by atoms with Crippen LogP contribution in [-0.4, -0.2) is 18.0 Å². The number of hydrogen-bond donors (Lipinski definition) is 1. The second-order valence-corrected chi connectivity index (χ2v) is 4.17. The lowest BCUT2D eigenvalue weighted by Crippen LogP contribution is -2.19. The van der Waals surface area contributed by atoms with Gasteiger partial charge in [0.1, 0.15) is 0 Å². The molecular weight excluding hydrogens is 172 g/mol. The van der Waals surface area contributed by atoms with Gasteiger partial charge in [-0.2, -0.15) is 0 Å². The average molecular weight is 190 g/mol. The van der Waals surface area contributed by atoms with Crippen molar-refractivity contribution >= 4 is 0 Å². The molecule has 0 heterocycles. The van der Waals surface area contributed by atoms with E-state index in [1.54, 1.807) is 0 Å². The molecule has 2 rings (SSSR count). The second kappa shape index (κ2) is 4.11.